The van der Waals surface area contributed by atoms with E-state index in [2.05, 4.69) is 53.8 Å². The zero-order chi connectivity index (χ0) is 17.8. The Labute approximate surface area is 151 Å². The molecule has 1 aliphatic heterocycles. The van der Waals surface area contributed by atoms with Crippen LogP contribution in [0.15, 0.2) is 36.7 Å². The molecule has 25 heavy (non-hydrogen) atoms. The monoisotopic (exact) mass is 339 g/mol. The van der Waals surface area contributed by atoms with Crippen molar-refractivity contribution in [1.82, 2.24) is 14.8 Å². The number of aromatic nitrogens is 1. The number of nitrogens with zero attached hydrogens (tertiary/aromatic N) is 3. The molecule has 0 saturated carbocycles. The Kier molecular flexibility index (Phi) is 5.71. The fraction of sp³-hybridized carbons (Fsp3) is 0.476. The van der Waals surface area contributed by atoms with Gasteiger partial charge in [0, 0.05) is 57.2 Å². The fourth-order valence-electron chi connectivity index (χ4n) is 3.60. The number of hydrogen-bond donors (Lipinski definition) is 1. The van der Waals surface area contributed by atoms with Crippen LogP contribution < -0.4 is 0 Å². The number of pyridine rings is 1. The van der Waals surface area contributed by atoms with Gasteiger partial charge in [-0.2, -0.15) is 0 Å². The minimum atomic E-state index is 0.432. The van der Waals surface area contributed by atoms with Gasteiger partial charge in [0.05, 0.1) is 0 Å². The van der Waals surface area contributed by atoms with Crippen molar-refractivity contribution in [3.63, 3.8) is 0 Å². The summed E-state index contributed by atoms with van der Waals surface area (Å²) in [4.78, 5) is 9.01. The van der Waals surface area contributed by atoms with Gasteiger partial charge in [0.1, 0.15) is 5.75 Å². The first-order valence-corrected chi connectivity index (χ1v) is 9.19. The van der Waals surface area contributed by atoms with Gasteiger partial charge in [-0.3, -0.25) is 14.8 Å². The predicted octanol–water partition coefficient (Wildman–Crippen LogP) is 3.54. The van der Waals surface area contributed by atoms with Crippen molar-refractivity contribution in [3.8, 4) is 5.75 Å². The van der Waals surface area contributed by atoms with Gasteiger partial charge in [0.25, 0.3) is 0 Å². The Hall–Kier alpha value is -1.91. The first-order valence-electron chi connectivity index (χ1n) is 9.19. The highest BCUT2D eigenvalue weighted by Crippen LogP contribution is 2.28. The molecule has 4 nitrogen and oxygen atoms in total. The summed E-state index contributed by atoms with van der Waals surface area (Å²) in [5, 5.41) is 10.3. The van der Waals surface area contributed by atoms with Crippen LogP contribution in [0, 0.1) is 6.92 Å². The molecule has 134 valence electrons. The van der Waals surface area contributed by atoms with Crippen LogP contribution in [0.2, 0.25) is 0 Å². The van der Waals surface area contributed by atoms with Crippen molar-refractivity contribution in [2.75, 3.05) is 26.2 Å². The van der Waals surface area contributed by atoms with E-state index in [0.717, 1.165) is 44.8 Å². The van der Waals surface area contributed by atoms with Crippen LogP contribution in [0.3, 0.4) is 0 Å². The minimum Gasteiger partial charge on any atom is -0.508 e. The van der Waals surface area contributed by atoms with Crippen LogP contribution in [0.4, 0.5) is 0 Å². The summed E-state index contributed by atoms with van der Waals surface area (Å²) in [6.45, 7) is 12.5. The summed E-state index contributed by atoms with van der Waals surface area (Å²) in [5.41, 5.74) is 4.89. The van der Waals surface area contributed by atoms with Crippen molar-refractivity contribution >= 4 is 0 Å². The third-order valence-corrected chi connectivity index (χ3v) is 5.10. The Balaban J connectivity index is 1.58. The molecule has 0 atom stereocenters. The van der Waals surface area contributed by atoms with E-state index < -0.39 is 0 Å². The van der Waals surface area contributed by atoms with Crippen molar-refractivity contribution in [2.24, 2.45) is 0 Å². The molecule has 1 aromatic heterocycles. The summed E-state index contributed by atoms with van der Waals surface area (Å²) < 4.78 is 0. The van der Waals surface area contributed by atoms with E-state index in [4.69, 9.17) is 0 Å². The zero-order valence-corrected chi connectivity index (χ0v) is 15.6. The summed E-state index contributed by atoms with van der Waals surface area (Å²) in [6, 6.07) is 8.29. The van der Waals surface area contributed by atoms with E-state index in [1.54, 1.807) is 0 Å². The number of hydrogen-bond acceptors (Lipinski definition) is 4. The lowest BCUT2D eigenvalue weighted by Crippen LogP contribution is -2.45. The molecule has 1 fully saturated rings. The van der Waals surface area contributed by atoms with E-state index in [0.29, 0.717) is 11.7 Å². The molecule has 0 amide bonds. The number of benzene rings is 1. The molecule has 4 heteroatoms. The molecule has 1 saturated heterocycles. The van der Waals surface area contributed by atoms with Crippen LogP contribution in [-0.4, -0.2) is 46.1 Å². The lowest BCUT2D eigenvalue weighted by molar-refractivity contribution is 0.121. The minimum absolute atomic E-state index is 0.432. The van der Waals surface area contributed by atoms with Gasteiger partial charge < -0.3 is 5.11 Å². The maximum absolute atomic E-state index is 10.3. The highest BCUT2D eigenvalue weighted by atomic mass is 16.3. The van der Waals surface area contributed by atoms with Crippen LogP contribution in [0.5, 0.6) is 5.75 Å². The second-order valence-corrected chi connectivity index (χ2v) is 7.40. The van der Waals surface area contributed by atoms with Crippen LogP contribution in [0.25, 0.3) is 0 Å². The highest BCUT2D eigenvalue weighted by molar-refractivity contribution is 5.42. The summed E-state index contributed by atoms with van der Waals surface area (Å²) in [6.07, 6.45) is 3.72. The Morgan fingerprint density at radius 3 is 2.20 bits per heavy atom. The topological polar surface area (TPSA) is 39.6 Å². The Bertz CT molecular complexity index is 692. The van der Waals surface area contributed by atoms with Gasteiger partial charge in [0.15, 0.2) is 0 Å². The van der Waals surface area contributed by atoms with Crippen LogP contribution >= 0.6 is 0 Å². The number of piperazine rings is 1. The number of aromatic hydroxyl groups is 1. The summed E-state index contributed by atoms with van der Waals surface area (Å²) in [5.74, 6) is 0.915. The van der Waals surface area contributed by atoms with Gasteiger partial charge in [-0.05, 0) is 47.7 Å². The van der Waals surface area contributed by atoms with E-state index in [9.17, 15) is 5.11 Å². The number of rotatable bonds is 5. The second kappa shape index (κ2) is 7.98. The van der Waals surface area contributed by atoms with Crippen molar-refractivity contribution < 1.29 is 5.11 Å². The average Bonchev–Trinajstić information content (AvgIpc) is 2.59. The zero-order valence-electron chi connectivity index (χ0n) is 15.6. The lowest BCUT2D eigenvalue weighted by atomic mass is 9.95. The molecule has 0 spiro atoms. The maximum atomic E-state index is 10.3. The molecule has 0 unspecified atom stereocenters. The standard InChI is InChI=1S/C21H29N3O/c1-16(2)20-13-19(21(25)12-17(20)3)15-24-10-8-23(9-11-24)14-18-4-6-22-7-5-18/h4-7,12-13,16,25H,8-11,14-15H2,1-3H3. The van der Waals surface area contributed by atoms with Crippen LogP contribution in [0.1, 0.15) is 42.0 Å². The molecule has 0 aliphatic carbocycles. The van der Waals surface area contributed by atoms with Crippen molar-refractivity contribution in [1.29, 1.82) is 0 Å². The van der Waals surface area contributed by atoms with Crippen molar-refractivity contribution in [2.45, 2.75) is 39.8 Å². The molecule has 1 N–H and O–H groups in total. The normalized spacial score (nSPS) is 16.5. The van der Waals surface area contributed by atoms with Gasteiger partial charge in [-0.25, -0.2) is 0 Å². The largest absolute Gasteiger partial charge is 0.508 e. The molecule has 0 radical (unpaired) electrons. The molecular weight excluding hydrogens is 310 g/mol. The quantitative estimate of drug-likeness (QED) is 0.904. The van der Waals surface area contributed by atoms with Crippen LogP contribution in [-0.2, 0) is 13.1 Å². The molecule has 1 aliphatic rings. The van der Waals surface area contributed by atoms with Gasteiger partial charge in [0.2, 0.25) is 0 Å². The first kappa shape index (κ1) is 17.9. The molecule has 1 aromatic carbocycles. The third-order valence-electron chi connectivity index (χ3n) is 5.10. The Morgan fingerprint density at radius 1 is 1.00 bits per heavy atom. The molecule has 2 heterocycles. The van der Waals surface area contributed by atoms with E-state index in [-0.39, 0.29) is 0 Å². The van der Waals surface area contributed by atoms with Gasteiger partial charge >= 0.3 is 0 Å². The Morgan fingerprint density at radius 2 is 1.60 bits per heavy atom. The fourth-order valence-corrected chi connectivity index (χ4v) is 3.60. The number of phenolic OH excluding ortho intramolecular Hbond substituents is 1. The summed E-state index contributed by atoms with van der Waals surface area (Å²) in [7, 11) is 0. The molecule has 3 rings (SSSR count). The number of aryl methyl sites for hydroxylation is 1. The van der Waals surface area contributed by atoms with E-state index in [1.807, 2.05) is 18.5 Å². The van der Waals surface area contributed by atoms with E-state index >= 15 is 0 Å². The third kappa shape index (κ3) is 4.59. The highest BCUT2D eigenvalue weighted by Gasteiger charge is 2.19. The first-order chi connectivity index (χ1) is 12.0. The SMILES string of the molecule is Cc1cc(O)c(CN2CCN(Cc3ccncc3)CC2)cc1C(C)C. The maximum Gasteiger partial charge on any atom is 0.120 e. The molecule has 2 aromatic rings. The predicted molar refractivity (Wildman–Crippen MR) is 102 cm³/mol. The smallest absolute Gasteiger partial charge is 0.120 e. The number of phenols is 1. The molecular formula is C21H29N3O. The van der Waals surface area contributed by atoms with E-state index in [1.165, 1.54) is 16.7 Å². The van der Waals surface area contributed by atoms with Crippen molar-refractivity contribution in [3.05, 3.63) is 58.9 Å². The van der Waals surface area contributed by atoms with Gasteiger partial charge in [-0.1, -0.05) is 19.9 Å². The lowest BCUT2D eigenvalue weighted by Gasteiger charge is -2.35. The van der Waals surface area contributed by atoms with Gasteiger partial charge in [-0.15, -0.1) is 0 Å². The molecule has 0 bridgehead atoms. The second-order valence-electron chi connectivity index (χ2n) is 7.40. The summed E-state index contributed by atoms with van der Waals surface area (Å²) >= 11 is 0. The average molecular weight is 339 g/mol.